The van der Waals surface area contributed by atoms with Gasteiger partial charge in [-0.3, -0.25) is 4.79 Å². The third-order valence-electron chi connectivity index (χ3n) is 4.40. The predicted molar refractivity (Wildman–Crippen MR) is 114 cm³/mol. The summed E-state index contributed by atoms with van der Waals surface area (Å²) < 4.78 is 13.4. The Morgan fingerprint density at radius 3 is 2.96 bits per heavy atom. The monoisotopic (exact) mass is 486 g/mol. The van der Waals surface area contributed by atoms with Gasteiger partial charge in [-0.15, -0.1) is 23.7 Å². The number of rotatable bonds is 3. The number of halogens is 3. The Labute approximate surface area is 179 Å². The van der Waals surface area contributed by atoms with Gasteiger partial charge in [0, 0.05) is 19.1 Å². The minimum absolute atomic E-state index is 0. The first-order chi connectivity index (χ1) is 13.0. The summed E-state index contributed by atoms with van der Waals surface area (Å²) in [4.78, 5) is 28.3. The zero-order valence-corrected chi connectivity index (χ0v) is 17.8. The van der Waals surface area contributed by atoms with Gasteiger partial charge in [0.05, 0.1) is 23.1 Å². The van der Waals surface area contributed by atoms with Crippen molar-refractivity contribution in [3.8, 4) is 0 Å². The van der Waals surface area contributed by atoms with Crippen molar-refractivity contribution in [1.29, 1.82) is 0 Å². The molecule has 3 aromatic heterocycles. The van der Waals surface area contributed by atoms with E-state index in [0.717, 1.165) is 35.4 Å². The summed E-state index contributed by atoms with van der Waals surface area (Å²) >= 11 is 4.44. The lowest BCUT2D eigenvalue weighted by atomic mass is 10.1. The molecule has 1 aliphatic rings. The molecular formula is C17H17BrClFN6OS. The molecule has 0 aromatic carbocycles. The van der Waals surface area contributed by atoms with E-state index in [0.29, 0.717) is 12.2 Å². The predicted octanol–water partition coefficient (Wildman–Crippen LogP) is 3.59. The minimum atomic E-state index is -0.528. The lowest BCUT2D eigenvalue weighted by Gasteiger charge is -2.33. The molecule has 1 saturated heterocycles. The topological polar surface area (TPSA) is 97.0 Å². The van der Waals surface area contributed by atoms with Crippen LogP contribution in [0, 0.1) is 5.82 Å². The molecule has 4 heterocycles. The highest BCUT2D eigenvalue weighted by Crippen LogP contribution is 2.35. The molecule has 148 valence electrons. The van der Waals surface area contributed by atoms with Crippen molar-refractivity contribution in [1.82, 2.24) is 15.0 Å². The van der Waals surface area contributed by atoms with Crippen LogP contribution in [0.4, 0.5) is 15.8 Å². The van der Waals surface area contributed by atoms with E-state index in [2.05, 4.69) is 41.1 Å². The van der Waals surface area contributed by atoms with Gasteiger partial charge in [0.25, 0.3) is 5.91 Å². The Morgan fingerprint density at radius 2 is 2.21 bits per heavy atom. The molecule has 28 heavy (non-hydrogen) atoms. The highest BCUT2D eigenvalue weighted by Gasteiger charge is 2.24. The lowest BCUT2D eigenvalue weighted by molar-refractivity contribution is 0.102. The van der Waals surface area contributed by atoms with Gasteiger partial charge < -0.3 is 16.0 Å². The summed E-state index contributed by atoms with van der Waals surface area (Å²) in [5.41, 5.74) is 10.1. The molecule has 0 radical (unpaired) electrons. The molecule has 11 heteroatoms. The number of nitrogens with zero attached hydrogens (tertiary/aromatic N) is 4. The van der Waals surface area contributed by atoms with Crippen LogP contribution in [0.5, 0.6) is 0 Å². The molecular weight excluding hydrogens is 471 g/mol. The summed E-state index contributed by atoms with van der Waals surface area (Å²) in [6, 6.07) is 2.60. The van der Waals surface area contributed by atoms with Gasteiger partial charge in [0.2, 0.25) is 0 Å². The van der Waals surface area contributed by atoms with Crippen LogP contribution in [-0.2, 0) is 0 Å². The smallest absolute Gasteiger partial charge is 0.274 e. The van der Waals surface area contributed by atoms with Crippen LogP contribution in [0.1, 0.15) is 23.3 Å². The number of hydrogen-bond acceptors (Lipinski definition) is 7. The van der Waals surface area contributed by atoms with Gasteiger partial charge >= 0.3 is 0 Å². The van der Waals surface area contributed by atoms with Crippen molar-refractivity contribution in [3.05, 3.63) is 40.0 Å². The lowest BCUT2D eigenvalue weighted by Crippen LogP contribution is -2.43. The molecule has 1 aliphatic heterocycles. The molecule has 1 atom stereocenters. The van der Waals surface area contributed by atoms with Crippen LogP contribution < -0.4 is 16.0 Å². The van der Waals surface area contributed by atoms with E-state index in [1.807, 2.05) is 0 Å². The summed E-state index contributed by atoms with van der Waals surface area (Å²) in [5, 5.41) is 2.84. The summed E-state index contributed by atoms with van der Waals surface area (Å²) in [5.74, 6) is -0.977. The van der Waals surface area contributed by atoms with E-state index in [1.54, 1.807) is 11.7 Å². The maximum Gasteiger partial charge on any atom is 0.274 e. The number of piperidine rings is 1. The van der Waals surface area contributed by atoms with Crippen molar-refractivity contribution in [2.24, 2.45) is 5.73 Å². The average Bonchev–Trinajstić information content (AvgIpc) is 3.12. The Hall–Kier alpha value is -1.88. The second-order valence-electron chi connectivity index (χ2n) is 6.30. The Morgan fingerprint density at radius 1 is 1.39 bits per heavy atom. The second-order valence-corrected chi connectivity index (χ2v) is 7.88. The Kier molecular flexibility index (Phi) is 6.43. The number of amides is 1. The van der Waals surface area contributed by atoms with Crippen LogP contribution in [0.2, 0.25) is 0 Å². The Balaban J connectivity index is 0.00000225. The zero-order valence-electron chi connectivity index (χ0n) is 14.6. The number of aromatic nitrogens is 3. The second kappa shape index (κ2) is 8.64. The molecule has 3 N–H and O–H groups in total. The SMILES string of the molecule is Cl.N[C@H]1CCCN(c2c(NC(=O)c3ccc(F)c(Br)n3)cnc3scnc23)C1. The maximum atomic E-state index is 13.4. The normalized spacial score (nSPS) is 16.7. The number of thiazole rings is 1. The van der Waals surface area contributed by atoms with Crippen LogP contribution in [0.15, 0.2) is 28.4 Å². The molecule has 4 rings (SSSR count). The number of anilines is 2. The highest BCUT2D eigenvalue weighted by molar-refractivity contribution is 9.10. The minimum Gasteiger partial charge on any atom is -0.366 e. The molecule has 3 aromatic rings. The van der Waals surface area contributed by atoms with Gasteiger partial charge in [-0.25, -0.2) is 19.3 Å². The third-order valence-corrected chi connectivity index (χ3v) is 5.69. The van der Waals surface area contributed by atoms with Gasteiger partial charge in [0.15, 0.2) is 5.82 Å². The van der Waals surface area contributed by atoms with E-state index in [9.17, 15) is 9.18 Å². The summed E-state index contributed by atoms with van der Waals surface area (Å²) in [7, 11) is 0. The quantitative estimate of drug-likeness (QED) is 0.548. The molecule has 1 fully saturated rings. The maximum absolute atomic E-state index is 13.4. The van der Waals surface area contributed by atoms with Crippen molar-refractivity contribution >= 4 is 67.3 Å². The fraction of sp³-hybridized carbons (Fsp3) is 0.294. The molecule has 0 aliphatic carbocycles. The summed E-state index contributed by atoms with van der Waals surface area (Å²) in [6.45, 7) is 1.51. The van der Waals surface area contributed by atoms with Crippen molar-refractivity contribution in [2.45, 2.75) is 18.9 Å². The molecule has 0 saturated carbocycles. The molecule has 0 bridgehead atoms. The van der Waals surface area contributed by atoms with E-state index in [1.165, 1.54) is 23.5 Å². The van der Waals surface area contributed by atoms with E-state index in [-0.39, 0.29) is 28.7 Å². The molecule has 7 nitrogen and oxygen atoms in total. The zero-order chi connectivity index (χ0) is 19.0. The number of pyridine rings is 2. The van der Waals surface area contributed by atoms with Crippen LogP contribution in [0.3, 0.4) is 0 Å². The van der Waals surface area contributed by atoms with Crippen molar-refractivity contribution < 1.29 is 9.18 Å². The van der Waals surface area contributed by atoms with Crippen LogP contribution in [-0.4, -0.2) is 40.0 Å². The van der Waals surface area contributed by atoms with E-state index in [4.69, 9.17) is 5.73 Å². The van der Waals surface area contributed by atoms with E-state index >= 15 is 0 Å². The molecule has 0 spiro atoms. The largest absolute Gasteiger partial charge is 0.366 e. The first-order valence-electron chi connectivity index (χ1n) is 8.39. The first-order valence-corrected chi connectivity index (χ1v) is 10.1. The standard InChI is InChI=1S/C17H16BrFN6OS.ClH/c18-15-10(19)3-4-11(23-15)16(26)24-12-6-21-17-13(22-8-27-17)14(12)25-5-1-2-9(20)7-25;/h3-4,6,8-9H,1-2,5,7,20H2,(H,24,26);1H/t9-;/m0./s1. The number of nitrogens with one attached hydrogen (secondary N) is 1. The highest BCUT2D eigenvalue weighted by atomic mass is 79.9. The fourth-order valence-electron chi connectivity index (χ4n) is 3.16. The van der Waals surface area contributed by atoms with Gasteiger partial charge in [-0.05, 0) is 40.9 Å². The number of carbonyl (C=O) groups excluding carboxylic acids is 1. The first kappa shape index (κ1) is 20.8. The Bertz CT molecular complexity index is 1020. The number of nitrogens with two attached hydrogens (primary N) is 1. The average molecular weight is 488 g/mol. The van der Waals surface area contributed by atoms with Crippen molar-refractivity contribution in [2.75, 3.05) is 23.3 Å². The molecule has 0 unspecified atom stereocenters. The number of hydrogen-bond donors (Lipinski definition) is 2. The summed E-state index contributed by atoms with van der Waals surface area (Å²) in [6.07, 6.45) is 3.55. The fourth-order valence-corrected chi connectivity index (χ4v) is 4.12. The van der Waals surface area contributed by atoms with Crippen LogP contribution in [0.25, 0.3) is 10.3 Å². The molecule has 1 amide bonds. The van der Waals surface area contributed by atoms with Crippen molar-refractivity contribution in [3.63, 3.8) is 0 Å². The number of fused-ring (bicyclic) bond motifs is 1. The van der Waals surface area contributed by atoms with Gasteiger partial charge in [-0.2, -0.15) is 0 Å². The van der Waals surface area contributed by atoms with E-state index < -0.39 is 11.7 Å². The van der Waals surface area contributed by atoms with Gasteiger partial charge in [-0.1, -0.05) is 0 Å². The number of carbonyl (C=O) groups is 1. The van der Waals surface area contributed by atoms with Crippen LogP contribution >= 0.6 is 39.7 Å². The third kappa shape index (κ3) is 4.09. The van der Waals surface area contributed by atoms with Gasteiger partial charge in [0.1, 0.15) is 20.6 Å².